The molecule has 0 unspecified atom stereocenters. The van der Waals surface area contributed by atoms with E-state index in [4.69, 9.17) is 60.7 Å². The van der Waals surface area contributed by atoms with Gasteiger partial charge < -0.3 is 19.3 Å². The molecule has 0 aliphatic carbocycles. The van der Waals surface area contributed by atoms with Gasteiger partial charge in [-0.05, 0) is 24.6 Å². The number of rotatable bonds is 11. The lowest BCUT2D eigenvalue weighted by molar-refractivity contribution is 0.142. The second kappa shape index (κ2) is 12.1. The topological polar surface area (TPSA) is 55.8 Å². The molecule has 2 aromatic rings. The van der Waals surface area contributed by atoms with Gasteiger partial charge in [0.2, 0.25) is 0 Å². The number of halogens is 4. The Morgan fingerprint density at radius 2 is 1.89 bits per heavy atom. The molecule has 5 nitrogen and oxygen atoms in total. The zero-order chi connectivity index (χ0) is 20.4. The van der Waals surface area contributed by atoms with Gasteiger partial charge in [0.25, 0.3) is 0 Å². The molecule has 0 fully saturated rings. The van der Waals surface area contributed by atoms with Crippen LogP contribution in [0.3, 0.4) is 0 Å². The van der Waals surface area contributed by atoms with Crippen LogP contribution < -0.4 is 9.47 Å². The summed E-state index contributed by atoms with van der Waals surface area (Å²) >= 11 is 23.6. The molecule has 9 heteroatoms. The van der Waals surface area contributed by atoms with E-state index in [2.05, 4.69) is 17.1 Å². The van der Waals surface area contributed by atoms with Crippen LogP contribution in [-0.4, -0.2) is 24.4 Å². The minimum Gasteiger partial charge on any atom is -0.489 e. The monoisotopic (exact) mass is 464 g/mol. The molecule has 0 spiro atoms. The highest BCUT2D eigenvalue weighted by Crippen LogP contribution is 2.37. The van der Waals surface area contributed by atoms with E-state index in [1.165, 1.54) is 6.08 Å². The first-order valence-corrected chi connectivity index (χ1v) is 10.1. The number of ether oxygens (including phenoxy) is 2. The minimum absolute atomic E-state index is 0.125. The highest BCUT2D eigenvalue weighted by Gasteiger charge is 2.11. The number of H-pyrrole nitrogens is 1. The summed E-state index contributed by atoms with van der Waals surface area (Å²) in [7, 11) is 0. The fourth-order valence-corrected chi connectivity index (χ4v) is 2.79. The van der Waals surface area contributed by atoms with Crippen molar-refractivity contribution in [1.82, 2.24) is 4.98 Å². The maximum Gasteiger partial charge on any atom is 0.157 e. The number of aromatic nitrogens is 1. The Kier molecular flexibility index (Phi) is 9.85. The highest BCUT2D eigenvalue weighted by molar-refractivity contribution is 6.55. The van der Waals surface area contributed by atoms with Crippen molar-refractivity contribution in [2.75, 3.05) is 13.2 Å². The zero-order valence-electron chi connectivity index (χ0n) is 15.2. The van der Waals surface area contributed by atoms with Gasteiger partial charge in [0.15, 0.2) is 5.75 Å². The largest absolute Gasteiger partial charge is 0.489 e. The number of hydrogen-bond acceptors (Lipinski definition) is 4. The molecular weight excluding hydrogens is 446 g/mol. The Hall–Kier alpha value is -1.53. The van der Waals surface area contributed by atoms with Gasteiger partial charge in [0.05, 0.1) is 27.6 Å². The average molecular weight is 466 g/mol. The molecule has 0 aliphatic rings. The third-order valence-electron chi connectivity index (χ3n) is 3.46. The molecule has 1 heterocycles. The smallest absolute Gasteiger partial charge is 0.157 e. The predicted octanol–water partition coefficient (Wildman–Crippen LogP) is 6.75. The molecule has 1 aromatic carbocycles. The van der Waals surface area contributed by atoms with E-state index in [9.17, 15) is 0 Å². The molecule has 0 radical (unpaired) electrons. The molecule has 0 amide bonds. The lowest BCUT2D eigenvalue weighted by Crippen LogP contribution is -1.99. The normalized spacial score (nSPS) is 10.9. The van der Waals surface area contributed by atoms with Crippen LogP contribution in [0.15, 0.2) is 40.0 Å². The summed E-state index contributed by atoms with van der Waals surface area (Å²) < 4.78 is 11.3. The van der Waals surface area contributed by atoms with Crippen molar-refractivity contribution in [3.8, 4) is 11.5 Å². The van der Waals surface area contributed by atoms with Crippen LogP contribution in [0.1, 0.15) is 31.2 Å². The minimum atomic E-state index is 0.125. The van der Waals surface area contributed by atoms with E-state index >= 15 is 0 Å². The third-order valence-corrected chi connectivity index (χ3v) is 4.33. The molecule has 0 bridgehead atoms. The first-order valence-electron chi connectivity index (χ1n) is 8.58. The number of aromatic amines is 1. The van der Waals surface area contributed by atoms with E-state index in [0.717, 1.165) is 24.2 Å². The molecule has 2 rings (SSSR count). The fourth-order valence-electron chi connectivity index (χ4n) is 2.08. The summed E-state index contributed by atoms with van der Waals surface area (Å²) in [5.41, 5.74) is 1.64. The third kappa shape index (κ3) is 7.84. The van der Waals surface area contributed by atoms with Crippen LogP contribution >= 0.6 is 46.4 Å². The standard InChI is InChI=1S/C19H20Cl4N2O3/c1-2-3-7-28-24-11-13-4-5-14(25-13)12-27-19-16(20)9-15(10-17(19)21)26-8-6-18(22)23/h4-6,9-11,25H,2-3,7-8,12H2,1H3. The van der Waals surface area contributed by atoms with Gasteiger partial charge in [-0.15, -0.1) is 0 Å². The Bertz CT molecular complexity index is 794. The highest BCUT2D eigenvalue weighted by atomic mass is 35.5. The van der Waals surface area contributed by atoms with E-state index in [-0.39, 0.29) is 17.7 Å². The second-order valence-electron chi connectivity index (χ2n) is 5.67. The van der Waals surface area contributed by atoms with Crippen molar-refractivity contribution < 1.29 is 14.3 Å². The SMILES string of the molecule is CCCCON=Cc1ccc(COc2c(Cl)cc(OCC=C(Cl)Cl)cc2Cl)[nH]1. The summed E-state index contributed by atoms with van der Waals surface area (Å²) in [6.07, 6.45) is 5.17. The molecule has 1 N–H and O–H groups in total. The van der Waals surface area contributed by atoms with Gasteiger partial charge in [-0.1, -0.05) is 64.9 Å². The average Bonchev–Trinajstić information content (AvgIpc) is 3.08. The van der Waals surface area contributed by atoms with Crippen molar-refractivity contribution in [2.45, 2.75) is 26.4 Å². The summed E-state index contributed by atoms with van der Waals surface area (Å²) in [6.45, 7) is 3.16. The van der Waals surface area contributed by atoms with E-state index in [0.29, 0.717) is 28.2 Å². The quantitative estimate of drug-likeness (QED) is 0.227. The van der Waals surface area contributed by atoms with Crippen molar-refractivity contribution in [2.24, 2.45) is 5.16 Å². The maximum atomic E-state index is 6.25. The van der Waals surface area contributed by atoms with Gasteiger partial charge in [-0.2, -0.15) is 0 Å². The van der Waals surface area contributed by atoms with Crippen LogP contribution in [-0.2, 0) is 11.4 Å². The number of nitrogens with one attached hydrogen (secondary N) is 1. The van der Waals surface area contributed by atoms with Crippen LogP contribution in [0.4, 0.5) is 0 Å². The molecule has 152 valence electrons. The van der Waals surface area contributed by atoms with Crippen molar-refractivity contribution in [3.05, 3.63) is 56.3 Å². The van der Waals surface area contributed by atoms with E-state index < -0.39 is 0 Å². The molecule has 0 saturated carbocycles. The van der Waals surface area contributed by atoms with Crippen LogP contribution in [0.2, 0.25) is 10.0 Å². The number of nitrogens with zero attached hydrogens (tertiary/aromatic N) is 1. The molecule has 0 atom stereocenters. The van der Waals surface area contributed by atoms with Crippen molar-refractivity contribution in [1.29, 1.82) is 0 Å². The van der Waals surface area contributed by atoms with Crippen molar-refractivity contribution in [3.63, 3.8) is 0 Å². The summed E-state index contributed by atoms with van der Waals surface area (Å²) in [6, 6.07) is 6.98. The molecule has 0 saturated heterocycles. The predicted molar refractivity (Wildman–Crippen MR) is 115 cm³/mol. The number of hydrogen-bond donors (Lipinski definition) is 1. The van der Waals surface area contributed by atoms with Gasteiger partial charge in [0, 0.05) is 12.1 Å². The summed E-state index contributed by atoms with van der Waals surface area (Å²) in [5, 5.41) is 4.58. The Labute approximate surface area is 184 Å². The lowest BCUT2D eigenvalue weighted by atomic mass is 10.3. The van der Waals surface area contributed by atoms with Gasteiger partial charge in [-0.25, -0.2) is 0 Å². The lowest BCUT2D eigenvalue weighted by Gasteiger charge is -2.11. The summed E-state index contributed by atoms with van der Waals surface area (Å²) in [5.74, 6) is 0.851. The fraction of sp³-hybridized carbons (Fsp3) is 0.316. The molecular formula is C19H20Cl4N2O3. The second-order valence-corrected chi connectivity index (χ2v) is 7.49. The van der Waals surface area contributed by atoms with Gasteiger partial charge in [0.1, 0.15) is 30.1 Å². The van der Waals surface area contributed by atoms with Gasteiger partial charge >= 0.3 is 0 Å². The van der Waals surface area contributed by atoms with Crippen molar-refractivity contribution >= 4 is 52.6 Å². The van der Waals surface area contributed by atoms with E-state index in [1.807, 2.05) is 12.1 Å². The zero-order valence-corrected chi connectivity index (χ0v) is 18.2. The first kappa shape index (κ1) is 22.8. The van der Waals surface area contributed by atoms with E-state index in [1.54, 1.807) is 18.3 Å². The van der Waals surface area contributed by atoms with Crippen LogP contribution in [0, 0.1) is 0 Å². The number of oxime groups is 1. The Morgan fingerprint density at radius 1 is 1.14 bits per heavy atom. The number of benzene rings is 1. The van der Waals surface area contributed by atoms with Crippen LogP contribution in [0.25, 0.3) is 0 Å². The van der Waals surface area contributed by atoms with Gasteiger partial charge in [-0.3, -0.25) is 0 Å². The molecule has 0 aliphatic heterocycles. The molecule has 28 heavy (non-hydrogen) atoms. The summed E-state index contributed by atoms with van der Waals surface area (Å²) in [4.78, 5) is 8.32. The first-order chi connectivity index (χ1) is 13.5. The van der Waals surface area contributed by atoms with Crippen LogP contribution in [0.5, 0.6) is 11.5 Å². The number of unbranched alkanes of at least 4 members (excludes halogenated alkanes) is 1. The molecule has 1 aromatic heterocycles. The Balaban J connectivity index is 1.91. The maximum absolute atomic E-state index is 6.25. The Morgan fingerprint density at radius 3 is 2.57 bits per heavy atom.